The van der Waals surface area contributed by atoms with Gasteiger partial charge in [0.05, 0.1) is 0 Å². The van der Waals surface area contributed by atoms with Gasteiger partial charge in [-0.1, -0.05) is 55.7 Å². The van der Waals surface area contributed by atoms with Gasteiger partial charge < -0.3 is 5.32 Å². The molecule has 2 aromatic carbocycles. The summed E-state index contributed by atoms with van der Waals surface area (Å²) in [5.74, 6) is 0.811. The molecule has 0 atom stereocenters. The number of carbonyl (C=O) groups excluding carboxylic acids is 1. The molecule has 21 heavy (non-hydrogen) atoms. The van der Waals surface area contributed by atoms with Gasteiger partial charge in [0.2, 0.25) is 5.91 Å². The molecule has 0 heterocycles. The largest absolute Gasteiger partial charge is 0.352 e. The van der Waals surface area contributed by atoms with E-state index < -0.39 is 0 Å². The molecule has 0 saturated heterocycles. The molecule has 0 radical (unpaired) electrons. The van der Waals surface area contributed by atoms with Gasteiger partial charge in [0, 0.05) is 13.0 Å². The third kappa shape index (κ3) is 3.84. The maximum Gasteiger partial charge on any atom is 0.220 e. The number of fused-ring (bicyclic) bond motifs is 1. The number of carbonyl (C=O) groups is 1. The lowest BCUT2D eigenvalue weighted by Crippen LogP contribution is -2.25. The third-order valence-electron chi connectivity index (χ3n) is 4.50. The zero-order chi connectivity index (χ0) is 14.5. The molecule has 0 aromatic heterocycles. The number of benzene rings is 2. The second-order valence-corrected chi connectivity index (χ2v) is 6.17. The smallest absolute Gasteiger partial charge is 0.220 e. The predicted octanol–water partition coefficient (Wildman–Crippen LogP) is 4.43. The van der Waals surface area contributed by atoms with Gasteiger partial charge in [0.25, 0.3) is 0 Å². The highest BCUT2D eigenvalue weighted by Gasteiger charge is 2.16. The minimum atomic E-state index is 0.204. The van der Waals surface area contributed by atoms with Crippen LogP contribution in [0.2, 0.25) is 0 Å². The summed E-state index contributed by atoms with van der Waals surface area (Å²) in [6.07, 6.45) is 7.08. The van der Waals surface area contributed by atoms with Crippen LogP contribution >= 0.6 is 0 Å². The molecule has 3 rings (SSSR count). The minimum absolute atomic E-state index is 0.204. The molecule has 2 heteroatoms. The predicted molar refractivity (Wildman–Crippen MR) is 87.0 cm³/mol. The highest BCUT2D eigenvalue weighted by Crippen LogP contribution is 2.26. The van der Waals surface area contributed by atoms with Crippen molar-refractivity contribution >= 4 is 16.7 Å². The fourth-order valence-electron chi connectivity index (χ4n) is 3.28. The first-order chi connectivity index (χ1) is 10.3. The lowest BCUT2D eigenvalue weighted by Gasteiger charge is -2.20. The van der Waals surface area contributed by atoms with Gasteiger partial charge in [-0.25, -0.2) is 0 Å². The van der Waals surface area contributed by atoms with Crippen molar-refractivity contribution in [2.75, 3.05) is 0 Å². The SMILES string of the molecule is O=C(CC1CCCCC1)NCc1ccc2ccccc2c1. The van der Waals surface area contributed by atoms with Gasteiger partial charge in [-0.3, -0.25) is 4.79 Å². The first kappa shape index (κ1) is 14.1. The van der Waals surface area contributed by atoms with Crippen LogP contribution in [0.4, 0.5) is 0 Å². The Kier molecular flexibility index (Phi) is 4.54. The van der Waals surface area contributed by atoms with Gasteiger partial charge in [0.15, 0.2) is 0 Å². The van der Waals surface area contributed by atoms with Crippen molar-refractivity contribution in [3.05, 3.63) is 48.0 Å². The van der Waals surface area contributed by atoms with Gasteiger partial charge >= 0.3 is 0 Å². The molecule has 110 valence electrons. The molecule has 1 aliphatic carbocycles. The lowest BCUT2D eigenvalue weighted by atomic mass is 9.87. The Morgan fingerprint density at radius 3 is 2.57 bits per heavy atom. The summed E-state index contributed by atoms with van der Waals surface area (Å²) in [7, 11) is 0. The average Bonchev–Trinajstić information content (AvgIpc) is 2.54. The molecular formula is C19H23NO. The van der Waals surface area contributed by atoms with Gasteiger partial charge in [0.1, 0.15) is 0 Å². The Hall–Kier alpha value is -1.83. The molecule has 2 aromatic rings. The van der Waals surface area contributed by atoms with E-state index in [1.807, 2.05) is 12.1 Å². The Labute approximate surface area is 126 Å². The monoisotopic (exact) mass is 281 g/mol. The van der Waals surface area contributed by atoms with Crippen molar-refractivity contribution in [2.24, 2.45) is 5.92 Å². The third-order valence-corrected chi connectivity index (χ3v) is 4.50. The molecule has 0 spiro atoms. The van der Waals surface area contributed by atoms with Crippen LogP contribution in [0, 0.1) is 5.92 Å². The van der Waals surface area contributed by atoms with Crippen LogP contribution in [-0.2, 0) is 11.3 Å². The van der Waals surface area contributed by atoms with Crippen LogP contribution in [-0.4, -0.2) is 5.91 Å². The van der Waals surface area contributed by atoms with Crippen LogP contribution in [0.3, 0.4) is 0 Å². The highest BCUT2D eigenvalue weighted by atomic mass is 16.1. The van der Waals surface area contributed by atoms with E-state index in [2.05, 4.69) is 35.6 Å². The molecule has 2 nitrogen and oxygen atoms in total. The average molecular weight is 281 g/mol. The Morgan fingerprint density at radius 1 is 1.00 bits per heavy atom. The van der Waals surface area contributed by atoms with Crippen LogP contribution in [0.1, 0.15) is 44.1 Å². The van der Waals surface area contributed by atoms with E-state index in [9.17, 15) is 4.79 Å². The second-order valence-electron chi connectivity index (χ2n) is 6.17. The van der Waals surface area contributed by atoms with E-state index in [1.54, 1.807) is 0 Å². The maximum absolute atomic E-state index is 12.0. The van der Waals surface area contributed by atoms with E-state index in [0.717, 1.165) is 0 Å². The van der Waals surface area contributed by atoms with E-state index >= 15 is 0 Å². The summed E-state index contributed by atoms with van der Waals surface area (Å²) >= 11 is 0. The standard InChI is InChI=1S/C19H23NO/c21-19(13-15-6-2-1-3-7-15)20-14-16-10-11-17-8-4-5-9-18(17)12-16/h4-5,8-12,15H,1-3,6-7,13-14H2,(H,20,21). The summed E-state index contributed by atoms with van der Waals surface area (Å²) in [4.78, 5) is 12.0. The van der Waals surface area contributed by atoms with Crippen LogP contribution in [0.5, 0.6) is 0 Å². The topological polar surface area (TPSA) is 29.1 Å². The highest BCUT2D eigenvalue weighted by molar-refractivity contribution is 5.83. The quantitative estimate of drug-likeness (QED) is 0.882. The number of nitrogens with one attached hydrogen (secondary N) is 1. The molecule has 1 aliphatic rings. The summed E-state index contributed by atoms with van der Waals surface area (Å²) in [6, 6.07) is 14.7. The fourth-order valence-corrected chi connectivity index (χ4v) is 3.28. The Morgan fingerprint density at radius 2 is 1.76 bits per heavy atom. The molecular weight excluding hydrogens is 258 g/mol. The Balaban J connectivity index is 1.54. The maximum atomic E-state index is 12.0. The normalized spacial score (nSPS) is 16.0. The van der Waals surface area contributed by atoms with E-state index in [4.69, 9.17) is 0 Å². The summed E-state index contributed by atoms with van der Waals surface area (Å²) in [5.41, 5.74) is 1.17. The lowest BCUT2D eigenvalue weighted by molar-refractivity contribution is -0.122. The summed E-state index contributed by atoms with van der Waals surface area (Å²) < 4.78 is 0. The molecule has 0 bridgehead atoms. The van der Waals surface area contributed by atoms with E-state index in [1.165, 1.54) is 48.4 Å². The Bertz CT molecular complexity index is 614. The van der Waals surface area contributed by atoms with Gasteiger partial charge in [-0.15, -0.1) is 0 Å². The molecule has 1 saturated carbocycles. The van der Waals surface area contributed by atoms with Crippen molar-refractivity contribution in [2.45, 2.75) is 45.1 Å². The number of hydrogen-bond acceptors (Lipinski definition) is 1. The van der Waals surface area contributed by atoms with Crippen molar-refractivity contribution in [1.82, 2.24) is 5.32 Å². The van der Waals surface area contributed by atoms with Crippen molar-refractivity contribution < 1.29 is 4.79 Å². The van der Waals surface area contributed by atoms with E-state index in [-0.39, 0.29) is 5.91 Å². The zero-order valence-electron chi connectivity index (χ0n) is 12.5. The number of rotatable bonds is 4. The fraction of sp³-hybridized carbons (Fsp3) is 0.421. The van der Waals surface area contributed by atoms with Crippen LogP contribution < -0.4 is 5.32 Å². The molecule has 0 unspecified atom stereocenters. The summed E-state index contributed by atoms with van der Waals surface area (Å²) in [5, 5.41) is 5.55. The molecule has 1 fully saturated rings. The van der Waals surface area contributed by atoms with Crippen molar-refractivity contribution in [3.63, 3.8) is 0 Å². The summed E-state index contributed by atoms with van der Waals surface area (Å²) in [6.45, 7) is 0.635. The van der Waals surface area contributed by atoms with Gasteiger partial charge in [-0.05, 0) is 41.2 Å². The van der Waals surface area contributed by atoms with Crippen LogP contribution in [0.15, 0.2) is 42.5 Å². The second kappa shape index (κ2) is 6.75. The van der Waals surface area contributed by atoms with Gasteiger partial charge in [-0.2, -0.15) is 0 Å². The molecule has 1 N–H and O–H groups in total. The van der Waals surface area contributed by atoms with Crippen molar-refractivity contribution in [3.8, 4) is 0 Å². The molecule has 1 amide bonds. The van der Waals surface area contributed by atoms with E-state index in [0.29, 0.717) is 18.9 Å². The number of amides is 1. The van der Waals surface area contributed by atoms with Crippen LogP contribution in [0.25, 0.3) is 10.8 Å². The number of hydrogen-bond donors (Lipinski definition) is 1. The zero-order valence-corrected chi connectivity index (χ0v) is 12.5. The van der Waals surface area contributed by atoms with Crippen molar-refractivity contribution in [1.29, 1.82) is 0 Å². The minimum Gasteiger partial charge on any atom is -0.352 e. The first-order valence-electron chi connectivity index (χ1n) is 8.05. The molecule has 0 aliphatic heterocycles. The first-order valence-corrected chi connectivity index (χ1v) is 8.05.